The SMILES string of the molecule is CC1Sc2ccc(CC(=O)N3CCN(C=O)CC3)cc2NC1=O. The fourth-order valence-electron chi connectivity index (χ4n) is 2.73. The molecule has 1 aromatic carbocycles. The van der Waals surface area contributed by atoms with Crippen LogP contribution in [0.3, 0.4) is 0 Å². The van der Waals surface area contributed by atoms with Crippen molar-refractivity contribution in [2.45, 2.75) is 23.5 Å². The van der Waals surface area contributed by atoms with Gasteiger partial charge < -0.3 is 15.1 Å². The molecule has 0 spiro atoms. The summed E-state index contributed by atoms with van der Waals surface area (Å²) in [6.45, 7) is 4.20. The average molecular weight is 333 g/mol. The molecule has 122 valence electrons. The van der Waals surface area contributed by atoms with E-state index in [0.29, 0.717) is 32.6 Å². The molecule has 0 saturated carbocycles. The quantitative estimate of drug-likeness (QED) is 0.837. The molecule has 1 atom stereocenters. The topological polar surface area (TPSA) is 69.7 Å². The molecule has 1 aromatic rings. The van der Waals surface area contributed by atoms with E-state index in [2.05, 4.69) is 5.32 Å². The van der Waals surface area contributed by atoms with Crippen molar-refractivity contribution in [3.8, 4) is 0 Å². The number of benzene rings is 1. The fourth-order valence-corrected chi connectivity index (χ4v) is 3.66. The van der Waals surface area contributed by atoms with Crippen LogP contribution in [0.4, 0.5) is 5.69 Å². The minimum Gasteiger partial charge on any atom is -0.342 e. The van der Waals surface area contributed by atoms with Crippen LogP contribution in [0.2, 0.25) is 0 Å². The number of amides is 3. The molecular formula is C16H19N3O3S. The maximum Gasteiger partial charge on any atom is 0.237 e. The number of fused-ring (bicyclic) bond motifs is 1. The Kier molecular flexibility index (Phi) is 4.56. The Morgan fingerprint density at radius 1 is 1.35 bits per heavy atom. The molecule has 1 unspecified atom stereocenters. The number of anilines is 1. The predicted molar refractivity (Wildman–Crippen MR) is 88.3 cm³/mol. The van der Waals surface area contributed by atoms with Gasteiger partial charge in [0.25, 0.3) is 0 Å². The number of piperazine rings is 1. The Balaban J connectivity index is 1.64. The van der Waals surface area contributed by atoms with E-state index in [1.165, 1.54) is 11.8 Å². The standard InChI is InChI=1S/C16H19N3O3S/c1-11-16(22)17-13-8-12(2-3-14(13)23-11)9-15(21)19-6-4-18(10-20)5-7-19/h2-3,8,10-11H,4-7,9H2,1H3,(H,17,22). The number of carbonyl (C=O) groups excluding carboxylic acids is 3. The summed E-state index contributed by atoms with van der Waals surface area (Å²) in [6, 6.07) is 5.78. The van der Waals surface area contributed by atoms with Gasteiger partial charge in [0.2, 0.25) is 18.2 Å². The number of rotatable bonds is 3. The summed E-state index contributed by atoms with van der Waals surface area (Å²) in [5.74, 6) is 0.0506. The highest BCUT2D eigenvalue weighted by molar-refractivity contribution is 8.00. The maximum atomic E-state index is 12.4. The molecule has 3 amide bonds. The van der Waals surface area contributed by atoms with Gasteiger partial charge in [0.05, 0.1) is 17.4 Å². The van der Waals surface area contributed by atoms with Crippen LogP contribution in [-0.2, 0) is 20.8 Å². The maximum absolute atomic E-state index is 12.4. The van der Waals surface area contributed by atoms with Crippen molar-refractivity contribution in [3.05, 3.63) is 23.8 Å². The lowest BCUT2D eigenvalue weighted by molar-refractivity contribution is -0.134. The Bertz CT molecular complexity index is 641. The van der Waals surface area contributed by atoms with Gasteiger partial charge in [-0.25, -0.2) is 0 Å². The predicted octanol–water partition coefficient (Wildman–Crippen LogP) is 0.962. The summed E-state index contributed by atoms with van der Waals surface area (Å²) >= 11 is 1.53. The van der Waals surface area contributed by atoms with E-state index in [1.54, 1.807) is 9.80 Å². The molecule has 2 aliphatic heterocycles. The van der Waals surface area contributed by atoms with E-state index in [9.17, 15) is 14.4 Å². The van der Waals surface area contributed by atoms with Crippen molar-refractivity contribution in [1.29, 1.82) is 0 Å². The third-order valence-electron chi connectivity index (χ3n) is 4.15. The summed E-state index contributed by atoms with van der Waals surface area (Å²) in [5.41, 5.74) is 1.68. The Morgan fingerprint density at radius 2 is 2.09 bits per heavy atom. The molecule has 0 radical (unpaired) electrons. The zero-order valence-electron chi connectivity index (χ0n) is 12.9. The molecule has 23 heavy (non-hydrogen) atoms. The zero-order chi connectivity index (χ0) is 16.4. The van der Waals surface area contributed by atoms with Gasteiger partial charge in [-0.05, 0) is 24.6 Å². The van der Waals surface area contributed by atoms with Gasteiger partial charge in [-0.15, -0.1) is 11.8 Å². The summed E-state index contributed by atoms with van der Waals surface area (Å²) in [6.07, 6.45) is 1.14. The lowest BCUT2D eigenvalue weighted by atomic mass is 10.1. The monoisotopic (exact) mass is 333 g/mol. The van der Waals surface area contributed by atoms with E-state index in [-0.39, 0.29) is 17.1 Å². The molecule has 0 aromatic heterocycles. The Labute approximate surface area is 139 Å². The first-order valence-corrected chi connectivity index (χ1v) is 8.52. The van der Waals surface area contributed by atoms with Crippen LogP contribution >= 0.6 is 11.8 Å². The van der Waals surface area contributed by atoms with Gasteiger partial charge in [-0.2, -0.15) is 0 Å². The molecule has 7 heteroatoms. The van der Waals surface area contributed by atoms with Crippen molar-refractivity contribution in [3.63, 3.8) is 0 Å². The van der Waals surface area contributed by atoms with Crippen LogP contribution in [0.15, 0.2) is 23.1 Å². The van der Waals surface area contributed by atoms with Crippen molar-refractivity contribution >= 4 is 35.7 Å². The van der Waals surface area contributed by atoms with Crippen LogP contribution in [-0.4, -0.2) is 59.5 Å². The van der Waals surface area contributed by atoms with Crippen LogP contribution in [0.1, 0.15) is 12.5 Å². The first-order chi connectivity index (χ1) is 11.1. The number of nitrogens with one attached hydrogen (secondary N) is 1. The smallest absolute Gasteiger partial charge is 0.237 e. The van der Waals surface area contributed by atoms with Crippen molar-refractivity contribution in [2.75, 3.05) is 31.5 Å². The van der Waals surface area contributed by atoms with Gasteiger partial charge in [-0.1, -0.05) is 6.07 Å². The molecule has 3 rings (SSSR count). The third-order valence-corrected chi connectivity index (χ3v) is 5.32. The number of carbonyl (C=O) groups is 3. The summed E-state index contributed by atoms with van der Waals surface area (Å²) in [5, 5.41) is 2.79. The summed E-state index contributed by atoms with van der Waals surface area (Å²) in [4.78, 5) is 39.3. The molecule has 1 saturated heterocycles. The second-order valence-corrected chi connectivity index (χ2v) is 7.16. The second kappa shape index (κ2) is 6.62. The first kappa shape index (κ1) is 15.9. The largest absolute Gasteiger partial charge is 0.342 e. The number of hydrogen-bond acceptors (Lipinski definition) is 4. The molecule has 1 N–H and O–H groups in total. The van der Waals surface area contributed by atoms with E-state index in [4.69, 9.17) is 0 Å². The van der Waals surface area contributed by atoms with Gasteiger partial charge in [-0.3, -0.25) is 14.4 Å². The Morgan fingerprint density at radius 3 is 2.78 bits per heavy atom. The van der Waals surface area contributed by atoms with E-state index in [1.807, 2.05) is 25.1 Å². The Hall–Kier alpha value is -2.02. The van der Waals surface area contributed by atoms with E-state index >= 15 is 0 Å². The number of hydrogen-bond donors (Lipinski definition) is 1. The highest BCUT2D eigenvalue weighted by Crippen LogP contribution is 2.36. The van der Waals surface area contributed by atoms with E-state index < -0.39 is 0 Å². The van der Waals surface area contributed by atoms with Crippen molar-refractivity contribution in [1.82, 2.24) is 9.80 Å². The first-order valence-electron chi connectivity index (χ1n) is 7.64. The van der Waals surface area contributed by atoms with Gasteiger partial charge in [0, 0.05) is 31.1 Å². The fraction of sp³-hybridized carbons (Fsp3) is 0.438. The van der Waals surface area contributed by atoms with E-state index in [0.717, 1.165) is 22.6 Å². The molecule has 6 nitrogen and oxygen atoms in total. The van der Waals surface area contributed by atoms with Crippen LogP contribution < -0.4 is 5.32 Å². The molecular weight excluding hydrogens is 314 g/mol. The van der Waals surface area contributed by atoms with Gasteiger partial charge in [0.1, 0.15) is 0 Å². The minimum absolute atomic E-state index is 0.00374. The molecule has 1 fully saturated rings. The lowest BCUT2D eigenvalue weighted by Crippen LogP contribution is -2.48. The average Bonchev–Trinajstić information content (AvgIpc) is 2.56. The highest BCUT2D eigenvalue weighted by Gasteiger charge is 2.24. The third kappa shape index (κ3) is 3.50. The number of nitrogens with zero attached hydrogens (tertiary/aromatic N) is 2. The van der Waals surface area contributed by atoms with Crippen molar-refractivity contribution < 1.29 is 14.4 Å². The normalized spacial score (nSPS) is 20.7. The molecule has 2 aliphatic rings. The summed E-state index contributed by atoms with van der Waals surface area (Å²) < 4.78 is 0. The van der Waals surface area contributed by atoms with Crippen molar-refractivity contribution in [2.24, 2.45) is 0 Å². The lowest BCUT2D eigenvalue weighted by Gasteiger charge is -2.32. The highest BCUT2D eigenvalue weighted by atomic mass is 32.2. The minimum atomic E-state index is -0.0934. The molecule has 0 aliphatic carbocycles. The van der Waals surface area contributed by atoms with Gasteiger partial charge in [0.15, 0.2) is 0 Å². The molecule has 2 heterocycles. The van der Waals surface area contributed by atoms with Crippen LogP contribution in [0.25, 0.3) is 0 Å². The second-order valence-electron chi connectivity index (χ2n) is 5.78. The summed E-state index contributed by atoms with van der Waals surface area (Å²) in [7, 11) is 0. The zero-order valence-corrected chi connectivity index (χ0v) is 13.8. The van der Waals surface area contributed by atoms with Crippen LogP contribution in [0.5, 0.6) is 0 Å². The van der Waals surface area contributed by atoms with Crippen LogP contribution in [0, 0.1) is 0 Å². The van der Waals surface area contributed by atoms with Gasteiger partial charge >= 0.3 is 0 Å². The molecule has 0 bridgehead atoms. The number of thioether (sulfide) groups is 1.